The molecule has 10 rings (SSSR count). The molecular formula is C56H92O27. The maximum atomic E-state index is 11.5. The van der Waals surface area contributed by atoms with E-state index in [1.54, 1.807) is 0 Å². The van der Waals surface area contributed by atoms with Crippen LogP contribution in [0.4, 0.5) is 0 Å². The maximum absolute atomic E-state index is 11.5. The van der Waals surface area contributed by atoms with E-state index in [4.69, 9.17) is 52.1 Å². The average molecular weight is 1200 g/mol. The standard InChI is InChI=1S/C56H92O27/c1-6-27(61)30-15-24(2)56(83-30)14-13-52(4)26-7-8-33-51(3,25(26)9-12-53(52,56)5)11-10-34(54(33,20-58)21-59)79-47-41(70)39(68)37(66)32(78-47)19-75-48-43(36(65)29(63)18-74-48)81-49-44(82-50-45(71)55(72,22-60)23-76-50)42(38(67)31(16-57)77-49)80-46-40(69)35(64)28(62)17-73-46/h24,27-50,57-72H,6-23H2,1-5H3. The molecule has 1 spiro atoms. The second-order valence-electron chi connectivity index (χ2n) is 26.3. The molecule has 16 N–H and O–H groups in total. The van der Waals surface area contributed by atoms with Gasteiger partial charge in [-0.05, 0) is 86.9 Å². The van der Waals surface area contributed by atoms with Gasteiger partial charge in [0.05, 0.1) is 76.8 Å². The van der Waals surface area contributed by atoms with Crippen molar-refractivity contribution in [2.45, 2.75) is 251 Å². The summed E-state index contributed by atoms with van der Waals surface area (Å²) in [7, 11) is 0. The summed E-state index contributed by atoms with van der Waals surface area (Å²) >= 11 is 0. The van der Waals surface area contributed by atoms with E-state index in [9.17, 15) is 81.7 Å². The van der Waals surface area contributed by atoms with Gasteiger partial charge in [-0.3, -0.25) is 0 Å². The molecule has 6 heterocycles. The van der Waals surface area contributed by atoms with Crippen LogP contribution in [-0.4, -0.2) is 287 Å². The molecule has 0 aromatic rings. The van der Waals surface area contributed by atoms with Crippen LogP contribution < -0.4 is 0 Å². The molecule has 0 aromatic carbocycles. The maximum Gasteiger partial charge on any atom is 0.187 e. The highest BCUT2D eigenvalue weighted by Gasteiger charge is 2.72. The summed E-state index contributed by atoms with van der Waals surface area (Å²) in [6.45, 7) is 5.88. The van der Waals surface area contributed by atoms with Gasteiger partial charge in [-0.2, -0.15) is 0 Å². The number of fused-ring (bicyclic) bond motifs is 5. The summed E-state index contributed by atoms with van der Waals surface area (Å²) in [4.78, 5) is 0. The van der Waals surface area contributed by atoms with E-state index in [2.05, 4.69) is 27.7 Å². The summed E-state index contributed by atoms with van der Waals surface area (Å²) in [6, 6.07) is 0. The van der Waals surface area contributed by atoms with Crippen LogP contribution in [0.15, 0.2) is 11.1 Å². The second kappa shape index (κ2) is 24.5. The van der Waals surface area contributed by atoms with Gasteiger partial charge in [-0.1, -0.05) is 45.8 Å². The van der Waals surface area contributed by atoms with Crippen molar-refractivity contribution >= 4 is 0 Å². The molecule has 8 fully saturated rings. The largest absolute Gasteiger partial charge is 0.396 e. The lowest BCUT2D eigenvalue weighted by Gasteiger charge is -2.64. The number of hydrogen-bond acceptors (Lipinski definition) is 27. The van der Waals surface area contributed by atoms with Crippen LogP contribution in [0.2, 0.25) is 0 Å². The molecule has 27 nitrogen and oxygen atoms in total. The molecule has 0 bridgehead atoms. The molecule has 478 valence electrons. The molecular weight excluding hydrogens is 1100 g/mol. The number of aliphatic hydroxyl groups excluding tert-OH is 15. The normalized spacial score (nSPS) is 53.0. The highest BCUT2D eigenvalue weighted by molar-refractivity contribution is 5.41. The van der Waals surface area contributed by atoms with E-state index in [0.717, 1.165) is 38.5 Å². The quantitative estimate of drug-likeness (QED) is 0.0610. The van der Waals surface area contributed by atoms with Crippen LogP contribution in [0.3, 0.4) is 0 Å². The van der Waals surface area contributed by atoms with Gasteiger partial charge >= 0.3 is 0 Å². The van der Waals surface area contributed by atoms with Gasteiger partial charge in [-0.25, -0.2) is 0 Å². The Morgan fingerprint density at radius 3 is 1.92 bits per heavy atom. The third kappa shape index (κ3) is 10.5. The van der Waals surface area contributed by atoms with Gasteiger partial charge in [0.25, 0.3) is 0 Å². The predicted molar refractivity (Wildman–Crippen MR) is 277 cm³/mol. The monoisotopic (exact) mass is 1200 g/mol. The summed E-state index contributed by atoms with van der Waals surface area (Å²) in [5.74, 6) is -0.0390. The van der Waals surface area contributed by atoms with Crippen molar-refractivity contribution in [2.75, 3.05) is 52.9 Å². The number of hydrogen-bond donors (Lipinski definition) is 16. The van der Waals surface area contributed by atoms with Crippen molar-refractivity contribution in [3.05, 3.63) is 11.1 Å². The van der Waals surface area contributed by atoms with Crippen LogP contribution in [0, 0.1) is 33.5 Å². The number of aliphatic hydroxyl groups is 16. The first kappa shape index (κ1) is 64.6. The Kier molecular flexibility index (Phi) is 19.0. The van der Waals surface area contributed by atoms with Crippen LogP contribution in [0.25, 0.3) is 0 Å². The van der Waals surface area contributed by atoms with E-state index >= 15 is 0 Å². The van der Waals surface area contributed by atoms with Gasteiger partial charge in [0.15, 0.2) is 31.5 Å². The zero-order chi connectivity index (χ0) is 60.1. The van der Waals surface area contributed by atoms with E-state index in [0.29, 0.717) is 25.7 Å². The van der Waals surface area contributed by atoms with Crippen molar-refractivity contribution in [1.29, 1.82) is 0 Å². The number of rotatable bonds is 17. The molecule has 6 saturated heterocycles. The van der Waals surface area contributed by atoms with Crippen LogP contribution in [0.5, 0.6) is 0 Å². The first-order chi connectivity index (χ1) is 39.3. The molecule has 83 heavy (non-hydrogen) atoms. The Bertz CT molecular complexity index is 2250. The van der Waals surface area contributed by atoms with Crippen molar-refractivity contribution in [2.24, 2.45) is 33.5 Å². The van der Waals surface area contributed by atoms with Crippen molar-refractivity contribution in [1.82, 2.24) is 0 Å². The number of ether oxygens (including phenoxy) is 11. The lowest BCUT2D eigenvalue weighted by Crippen LogP contribution is -2.66. The first-order valence-corrected chi connectivity index (χ1v) is 29.7. The molecule has 10 aliphatic rings. The third-order valence-corrected chi connectivity index (χ3v) is 22.2. The van der Waals surface area contributed by atoms with E-state index in [1.807, 2.05) is 6.92 Å². The fourth-order valence-electron chi connectivity index (χ4n) is 16.8. The molecule has 0 aromatic heterocycles. The van der Waals surface area contributed by atoms with E-state index < -0.39 is 205 Å². The van der Waals surface area contributed by atoms with Crippen molar-refractivity contribution in [3.8, 4) is 0 Å². The van der Waals surface area contributed by atoms with Crippen LogP contribution in [0.1, 0.15) is 98.8 Å². The topological polar surface area (TPSA) is 425 Å². The van der Waals surface area contributed by atoms with Crippen molar-refractivity contribution < 1.29 is 134 Å². The zero-order valence-corrected chi connectivity index (χ0v) is 47.8. The summed E-state index contributed by atoms with van der Waals surface area (Å²) < 4.78 is 66.7. The zero-order valence-electron chi connectivity index (χ0n) is 47.8. The molecule has 2 saturated carbocycles. The molecule has 27 heteroatoms. The van der Waals surface area contributed by atoms with Crippen LogP contribution >= 0.6 is 0 Å². The predicted octanol–water partition coefficient (Wildman–Crippen LogP) is -4.60. The minimum absolute atomic E-state index is 0.200. The van der Waals surface area contributed by atoms with Gasteiger partial charge < -0.3 is 134 Å². The Labute approximate surface area is 481 Å². The fraction of sp³-hybridized carbons (Fsp3) is 0.964. The minimum atomic E-state index is -2.25. The first-order valence-electron chi connectivity index (χ1n) is 29.7. The fourth-order valence-corrected chi connectivity index (χ4v) is 16.8. The second-order valence-corrected chi connectivity index (χ2v) is 26.3. The third-order valence-electron chi connectivity index (χ3n) is 22.2. The summed E-state index contributed by atoms with van der Waals surface area (Å²) in [5.41, 5.74) is -2.01. The lowest BCUT2D eigenvalue weighted by atomic mass is 9.42. The van der Waals surface area contributed by atoms with Gasteiger partial charge in [0.1, 0.15) is 97.2 Å². The van der Waals surface area contributed by atoms with E-state index in [-0.39, 0.29) is 34.4 Å². The van der Waals surface area contributed by atoms with Gasteiger partial charge in [-0.15, -0.1) is 0 Å². The van der Waals surface area contributed by atoms with Gasteiger partial charge in [0.2, 0.25) is 0 Å². The summed E-state index contributed by atoms with van der Waals surface area (Å²) in [6.07, 6.45) is -30.5. The van der Waals surface area contributed by atoms with Crippen LogP contribution in [-0.2, 0) is 52.1 Å². The Balaban J connectivity index is 0.858. The molecule has 0 amide bonds. The molecule has 6 aliphatic heterocycles. The Morgan fingerprint density at radius 1 is 0.602 bits per heavy atom. The smallest absolute Gasteiger partial charge is 0.187 e. The number of allylic oxidation sites excluding steroid dienone is 2. The Hall–Kier alpha value is -1.34. The van der Waals surface area contributed by atoms with E-state index in [1.165, 1.54) is 11.1 Å². The highest BCUT2D eigenvalue weighted by atomic mass is 16.8. The molecule has 30 atom stereocenters. The summed E-state index contributed by atoms with van der Waals surface area (Å²) in [5, 5.41) is 176. The minimum Gasteiger partial charge on any atom is -0.396 e. The average Bonchev–Trinajstić information content (AvgIpc) is 1.69. The molecule has 4 aliphatic carbocycles. The van der Waals surface area contributed by atoms with Crippen molar-refractivity contribution in [3.63, 3.8) is 0 Å². The SMILES string of the molecule is CCC(O)C1CC(C)C2(CCC3(C)C4=C(CCC32C)C2(C)CCC(OC3OC(COC5OCC(O)C(O)C5OC5OC(CO)C(O)C(OC6OCC(O)C(O)C6O)C5OC5OCC(O)(CO)C5O)C(O)C(O)C3O)C(CO)(CO)C2CC4)O1. The Morgan fingerprint density at radius 2 is 1.25 bits per heavy atom. The lowest BCUT2D eigenvalue weighted by molar-refractivity contribution is -0.393. The van der Waals surface area contributed by atoms with Gasteiger partial charge in [0, 0.05) is 10.8 Å². The highest BCUT2D eigenvalue weighted by Crippen LogP contribution is 2.75. The molecule has 30 unspecified atom stereocenters. The molecule has 0 radical (unpaired) electrons.